The first kappa shape index (κ1) is 9.64. The molecule has 2 rings (SSSR count). The summed E-state index contributed by atoms with van der Waals surface area (Å²) in [4.78, 5) is 13.7. The van der Waals surface area contributed by atoms with Gasteiger partial charge in [-0.3, -0.25) is 0 Å². The summed E-state index contributed by atoms with van der Waals surface area (Å²) < 4.78 is 0. The predicted molar refractivity (Wildman–Crippen MR) is 54.9 cm³/mol. The summed E-state index contributed by atoms with van der Waals surface area (Å²) in [5, 5.41) is 8.91. The van der Waals surface area contributed by atoms with Crippen LogP contribution >= 0.6 is 0 Å². The molecule has 0 bridgehead atoms. The topological polar surface area (TPSA) is 53.2 Å². The van der Waals surface area contributed by atoms with E-state index in [1.165, 1.54) is 18.9 Å². The first-order valence-corrected chi connectivity index (χ1v) is 4.92. The second-order valence-electron chi connectivity index (χ2n) is 3.66. The normalized spacial score (nSPS) is 16.2. The first-order valence-electron chi connectivity index (χ1n) is 4.92. The van der Waals surface area contributed by atoms with E-state index in [2.05, 4.69) is 4.99 Å². The minimum absolute atomic E-state index is 0.555. The molecule has 1 fully saturated rings. The molecule has 1 aliphatic carbocycles. The summed E-state index contributed by atoms with van der Waals surface area (Å²) >= 11 is 0. The highest BCUT2D eigenvalue weighted by atomic mass is 16.1. The third-order valence-corrected chi connectivity index (χ3v) is 2.61. The summed E-state index contributed by atoms with van der Waals surface area (Å²) in [6.45, 7) is 0. The van der Waals surface area contributed by atoms with Gasteiger partial charge >= 0.3 is 0 Å². The average molecular weight is 198 g/mol. The Kier molecular flexibility index (Phi) is 2.62. The molecule has 1 saturated carbocycles. The number of nitriles is 1. The van der Waals surface area contributed by atoms with Crippen molar-refractivity contribution in [2.75, 3.05) is 0 Å². The van der Waals surface area contributed by atoms with E-state index < -0.39 is 6.04 Å². The first-order chi connectivity index (χ1) is 7.36. The summed E-state index contributed by atoms with van der Waals surface area (Å²) in [5.74, 6) is 0.555. The van der Waals surface area contributed by atoms with E-state index in [1.807, 2.05) is 30.3 Å². The molecule has 15 heavy (non-hydrogen) atoms. The number of isocyanates is 1. The Morgan fingerprint density at radius 2 is 2.13 bits per heavy atom. The summed E-state index contributed by atoms with van der Waals surface area (Å²) in [6.07, 6.45) is 3.79. The van der Waals surface area contributed by atoms with Crippen molar-refractivity contribution in [3.05, 3.63) is 35.4 Å². The lowest BCUT2D eigenvalue weighted by molar-refractivity contribution is 0.561. The van der Waals surface area contributed by atoms with Gasteiger partial charge in [0, 0.05) is 0 Å². The fourth-order valence-corrected chi connectivity index (χ4v) is 1.75. The maximum Gasteiger partial charge on any atom is 0.236 e. The van der Waals surface area contributed by atoms with Crippen molar-refractivity contribution in [2.45, 2.75) is 24.8 Å². The Balaban J connectivity index is 2.41. The number of nitrogens with zero attached hydrogens (tertiary/aromatic N) is 2. The Morgan fingerprint density at radius 1 is 1.40 bits per heavy atom. The summed E-state index contributed by atoms with van der Waals surface area (Å²) in [6, 6.07) is 9.01. The lowest BCUT2D eigenvalue weighted by atomic mass is 9.98. The van der Waals surface area contributed by atoms with Gasteiger partial charge in [-0.2, -0.15) is 10.3 Å². The Morgan fingerprint density at radius 3 is 2.73 bits per heavy atom. The van der Waals surface area contributed by atoms with Crippen LogP contribution in [0.25, 0.3) is 0 Å². The van der Waals surface area contributed by atoms with Gasteiger partial charge in [-0.1, -0.05) is 24.3 Å². The zero-order chi connectivity index (χ0) is 10.7. The van der Waals surface area contributed by atoms with E-state index in [0.29, 0.717) is 5.92 Å². The molecular formula is C12H10N2O. The lowest BCUT2D eigenvalue weighted by Gasteiger charge is -2.08. The predicted octanol–water partition coefficient (Wildman–Crippen LogP) is 2.46. The zero-order valence-corrected chi connectivity index (χ0v) is 8.18. The molecule has 0 aliphatic heterocycles. The van der Waals surface area contributed by atoms with Crippen molar-refractivity contribution in [2.24, 2.45) is 4.99 Å². The molecule has 0 spiro atoms. The number of hydrogen-bond acceptors (Lipinski definition) is 3. The number of aliphatic imine (C=N–C) groups is 1. The quantitative estimate of drug-likeness (QED) is 0.553. The van der Waals surface area contributed by atoms with Crippen LogP contribution < -0.4 is 0 Å². The summed E-state index contributed by atoms with van der Waals surface area (Å²) in [5.41, 5.74) is 2.01. The molecule has 0 saturated heterocycles. The maximum atomic E-state index is 10.2. The van der Waals surface area contributed by atoms with Crippen LogP contribution in [0.15, 0.2) is 29.3 Å². The van der Waals surface area contributed by atoms with Crippen molar-refractivity contribution in [3.8, 4) is 6.07 Å². The van der Waals surface area contributed by atoms with Gasteiger partial charge < -0.3 is 0 Å². The van der Waals surface area contributed by atoms with Gasteiger partial charge in [0.1, 0.15) is 0 Å². The molecule has 1 aromatic rings. The van der Waals surface area contributed by atoms with Gasteiger partial charge in [-0.05, 0) is 29.9 Å². The SMILES string of the molecule is N#CC(N=C=O)c1ccccc1C1CC1. The van der Waals surface area contributed by atoms with Crippen LogP contribution in [0.1, 0.15) is 35.9 Å². The molecule has 1 aromatic carbocycles. The fourth-order valence-electron chi connectivity index (χ4n) is 1.75. The third kappa shape index (κ3) is 1.96. The van der Waals surface area contributed by atoms with E-state index in [4.69, 9.17) is 5.26 Å². The minimum atomic E-state index is -0.695. The van der Waals surface area contributed by atoms with E-state index >= 15 is 0 Å². The molecule has 74 valence electrons. The van der Waals surface area contributed by atoms with Gasteiger partial charge in [0.2, 0.25) is 6.08 Å². The Labute approximate surface area is 88.1 Å². The molecule has 1 atom stereocenters. The van der Waals surface area contributed by atoms with Gasteiger partial charge in [-0.25, -0.2) is 4.79 Å². The molecule has 0 aromatic heterocycles. The van der Waals surface area contributed by atoms with E-state index in [1.54, 1.807) is 0 Å². The third-order valence-electron chi connectivity index (χ3n) is 2.61. The van der Waals surface area contributed by atoms with Gasteiger partial charge in [0.15, 0.2) is 6.04 Å². The number of rotatable bonds is 3. The van der Waals surface area contributed by atoms with Crippen LogP contribution in [-0.2, 0) is 4.79 Å². The van der Waals surface area contributed by atoms with Crippen molar-refractivity contribution in [3.63, 3.8) is 0 Å². The second kappa shape index (κ2) is 4.08. The van der Waals surface area contributed by atoms with Crippen LogP contribution in [0, 0.1) is 11.3 Å². The highest BCUT2D eigenvalue weighted by molar-refractivity contribution is 5.42. The van der Waals surface area contributed by atoms with Crippen LogP contribution in [0.2, 0.25) is 0 Å². The molecule has 1 aliphatic rings. The number of benzene rings is 1. The van der Waals surface area contributed by atoms with Crippen molar-refractivity contribution in [1.29, 1.82) is 5.26 Å². The second-order valence-corrected chi connectivity index (χ2v) is 3.66. The molecule has 0 amide bonds. The van der Waals surface area contributed by atoms with Crippen LogP contribution in [0.5, 0.6) is 0 Å². The minimum Gasteiger partial charge on any atom is -0.211 e. The number of hydrogen-bond donors (Lipinski definition) is 0. The Hall–Kier alpha value is -1.91. The van der Waals surface area contributed by atoms with Crippen molar-refractivity contribution >= 4 is 6.08 Å². The van der Waals surface area contributed by atoms with E-state index in [9.17, 15) is 4.79 Å². The molecular weight excluding hydrogens is 188 g/mol. The lowest BCUT2D eigenvalue weighted by Crippen LogP contribution is -1.97. The number of carbonyl (C=O) groups excluding carboxylic acids is 1. The van der Waals surface area contributed by atoms with Crippen LogP contribution in [-0.4, -0.2) is 6.08 Å². The molecule has 0 heterocycles. The largest absolute Gasteiger partial charge is 0.236 e. The van der Waals surface area contributed by atoms with Crippen LogP contribution in [0.4, 0.5) is 0 Å². The molecule has 0 radical (unpaired) electrons. The van der Waals surface area contributed by atoms with E-state index in [-0.39, 0.29) is 0 Å². The van der Waals surface area contributed by atoms with E-state index in [0.717, 1.165) is 11.1 Å². The maximum absolute atomic E-state index is 10.2. The zero-order valence-electron chi connectivity index (χ0n) is 8.18. The van der Waals surface area contributed by atoms with Gasteiger partial charge in [-0.15, -0.1) is 0 Å². The molecule has 1 unspecified atom stereocenters. The average Bonchev–Trinajstić information content (AvgIpc) is 3.10. The molecule has 3 heteroatoms. The van der Waals surface area contributed by atoms with Crippen molar-refractivity contribution in [1.82, 2.24) is 0 Å². The fraction of sp³-hybridized carbons (Fsp3) is 0.333. The van der Waals surface area contributed by atoms with Gasteiger partial charge in [0.05, 0.1) is 6.07 Å². The monoisotopic (exact) mass is 198 g/mol. The highest BCUT2D eigenvalue weighted by Gasteiger charge is 2.27. The standard InChI is InChI=1S/C12H10N2O/c13-7-12(14-8-15)11-4-2-1-3-10(11)9-5-6-9/h1-4,9,12H,5-6H2. The summed E-state index contributed by atoms with van der Waals surface area (Å²) in [7, 11) is 0. The molecule has 3 nitrogen and oxygen atoms in total. The Bertz CT molecular complexity index is 451. The van der Waals surface area contributed by atoms with Gasteiger partial charge in [0.25, 0.3) is 0 Å². The highest BCUT2D eigenvalue weighted by Crippen LogP contribution is 2.43. The smallest absolute Gasteiger partial charge is 0.211 e. The molecule has 0 N–H and O–H groups in total. The van der Waals surface area contributed by atoms with Crippen molar-refractivity contribution < 1.29 is 4.79 Å². The van der Waals surface area contributed by atoms with Crippen LogP contribution in [0.3, 0.4) is 0 Å².